The van der Waals surface area contributed by atoms with Crippen molar-refractivity contribution < 1.29 is 56.2 Å². The van der Waals surface area contributed by atoms with Crippen LogP contribution in [0.3, 0.4) is 0 Å². The Morgan fingerprint density at radius 3 is 1.27 bits per heavy atom. The topological polar surface area (TPSA) is 226 Å². The SMILES string of the molecule is COc1ccc(C(NC(=O)CP(=O)(O)O)S(=O)(=O)C(NC(=O)CP(=O)(O)O)c2ccc(OC)cc2)cc1. The zero-order valence-electron chi connectivity index (χ0n) is 19.5. The summed E-state index contributed by atoms with van der Waals surface area (Å²) in [5.74, 6) is -1.92. The maximum absolute atomic E-state index is 13.9. The number of ether oxygens (including phenoxy) is 2. The Labute approximate surface area is 212 Å². The van der Waals surface area contributed by atoms with Crippen LogP contribution in [0.15, 0.2) is 48.5 Å². The minimum absolute atomic E-state index is 0.0531. The molecule has 0 saturated carbocycles. The number of sulfone groups is 1. The minimum Gasteiger partial charge on any atom is -0.497 e. The molecule has 0 saturated heterocycles. The molecule has 2 aromatic rings. The van der Waals surface area contributed by atoms with Crippen molar-refractivity contribution in [3.63, 3.8) is 0 Å². The molecule has 2 aromatic carbocycles. The number of rotatable bonds is 12. The number of methoxy groups -OCH3 is 2. The van der Waals surface area contributed by atoms with Crippen molar-refractivity contribution >= 4 is 36.8 Å². The van der Waals surface area contributed by atoms with Crippen molar-refractivity contribution in [3.8, 4) is 11.5 Å². The first kappa shape index (κ1) is 30.5. The van der Waals surface area contributed by atoms with Gasteiger partial charge in [-0.2, -0.15) is 0 Å². The highest BCUT2D eigenvalue weighted by molar-refractivity contribution is 7.91. The van der Waals surface area contributed by atoms with Gasteiger partial charge in [0.2, 0.25) is 21.7 Å². The zero-order chi connectivity index (χ0) is 28.0. The summed E-state index contributed by atoms with van der Waals surface area (Å²) in [5, 5.41) is 0.256. The normalized spacial score (nSPS) is 13.8. The van der Waals surface area contributed by atoms with E-state index in [-0.39, 0.29) is 11.1 Å². The number of nitrogens with one attached hydrogen (secondary N) is 2. The van der Waals surface area contributed by atoms with E-state index < -0.39 is 59.9 Å². The van der Waals surface area contributed by atoms with Gasteiger partial charge in [-0.3, -0.25) is 18.7 Å². The van der Waals surface area contributed by atoms with Gasteiger partial charge in [-0.25, -0.2) is 8.42 Å². The second-order valence-corrected chi connectivity index (χ2v) is 13.1. The van der Waals surface area contributed by atoms with E-state index >= 15 is 0 Å². The fourth-order valence-electron chi connectivity index (χ4n) is 3.16. The number of carbonyl (C=O) groups excluding carboxylic acids is 2. The highest BCUT2D eigenvalue weighted by atomic mass is 32.2. The lowest BCUT2D eigenvalue weighted by Crippen LogP contribution is -2.43. The molecule has 14 nitrogen and oxygen atoms in total. The molecule has 0 spiro atoms. The summed E-state index contributed by atoms with van der Waals surface area (Å²) in [5.41, 5.74) is -0.106. The van der Waals surface area contributed by atoms with Crippen LogP contribution in [-0.4, -0.2) is 66.3 Å². The zero-order valence-corrected chi connectivity index (χ0v) is 22.2. The number of hydrogen-bond donors (Lipinski definition) is 6. The van der Waals surface area contributed by atoms with Crippen LogP contribution in [0, 0.1) is 0 Å². The Hall–Kier alpha value is -2.77. The molecular formula is C20H26N2O12P2S. The minimum atomic E-state index is -4.87. The molecule has 17 heteroatoms. The Bertz CT molecular complexity index is 1210. The molecule has 37 heavy (non-hydrogen) atoms. The predicted octanol–water partition coefficient (Wildman–Crippen LogP) is 0.404. The summed E-state index contributed by atoms with van der Waals surface area (Å²) in [7, 11) is -11.8. The average molecular weight is 580 g/mol. The molecule has 2 unspecified atom stereocenters. The molecule has 2 atom stereocenters. The molecule has 2 rings (SSSR count). The number of benzene rings is 2. The Morgan fingerprint density at radius 1 is 0.730 bits per heavy atom. The van der Waals surface area contributed by atoms with E-state index in [1.54, 1.807) is 0 Å². The molecule has 6 N–H and O–H groups in total. The summed E-state index contributed by atoms with van der Waals surface area (Å²) < 4.78 is 60.4. The first-order valence-electron chi connectivity index (χ1n) is 10.2. The van der Waals surface area contributed by atoms with Gasteiger partial charge < -0.3 is 39.7 Å². The number of hydrogen-bond acceptors (Lipinski definition) is 8. The summed E-state index contributed by atoms with van der Waals surface area (Å²) in [6.07, 6.45) is -2.63. The molecule has 0 aromatic heterocycles. The van der Waals surface area contributed by atoms with Crippen LogP contribution in [0.2, 0.25) is 0 Å². The molecule has 0 radical (unpaired) electrons. The van der Waals surface area contributed by atoms with Crippen molar-refractivity contribution in [2.75, 3.05) is 26.5 Å². The third-order valence-corrected chi connectivity index (χ3v) is 8.27. The average Bonchev–Trinajstić information content (AvgIpc) is 2.79. The molecular weight excluding hydrogens is 554 g/mol. The van der Waals surface area contributed by atoms with Gasteiger partial charge in [0.1, 0.15) is 23.8 Å². The molecule has 0 aliphatic carbocycles. The summed E-state index contributed by atoms with van der Waals surface area (Å²) >= 11 is 0. The van der Waals surface area contributed by atoms with Crippen molar-refractivity contribution in [1.29, 1.82) is 0 Å². The first-order valence-corrected chi connectivity index (χ1v) is 15.4. The van der Waals surface area contributed by atoms with Crippen LogP contribution in [0.5, 0.6) is 11.5 Å². The third-order valence-electron chi connectivity index (χ3n) is 4.78. The summed E-state index contributed by atoms with van der Waals surface area (Å²) in [6, 6.07) is 10.6. The van der Waals surface area contributed by atoms with E-state index in [1.165, 1.54) is 62.8 Å². The summed E-state index contributed by atoms with van der Waals surface area (Å²) in [6.45, 7) is 0. The van der Waals surface area contributed by atoms with Gasteiger partial charge in [0.25, 0.3) is 0 Å². The van der Waals surface area contributed by atoms with Gasteiger partial charge in [-0.05, 0) is 35.4 Å². The van der Waals surface area contributed by atoms with Crippen LogP contribution in [0.1, 0.15) is 21.9 Å². The van der Waals surface area contributed by atoms with Crippen LogP contribution in [-0.2, 0) is 28.6 Å². The second-order valence-electron chi connectivity index (χ2n) is 7.68. The van der Waals surface area contributed by atoms with E-state index in [0.29, 0.717) is 11.5 Å². The number of carbonyl (C=O) groups is 2. The monoisotopic (exact) mass is 580 g/mol. The van der Waals surface area contributed by atoms with Crippen molar-refractivity contribution in [3.05, 3.63) is 59.7 Å². The number of amides is 2. The van der Waals surface area contributed by atoms with Gasteiger partial charge in [0.05, 0.1) is 14.2 Å². The van der Waals surface area contributed by atoms with E-state index in [0.717, 1.165) is 0 Å². The van der Waals surface area contributed by atoms with E-state index in [9.17, 15) is 27.1 Å². The predicted molar refractivity (Wildman–Crippen MR) is 130 cm³/mol. The molecule has 0 aliphatic rings. The van der Waals surface area contributed by atoms with Gasteiger partial charge in [-0.1, -0.05) is 24.3 Å². The second kappa shape index (κ2) is 12.2. The molecule has 0 aliphatic heterocycles. The van der Waals surface area contributed by atoms with Crippen LogP contribution >= 0.6 is 15.2 Å². The quantitative estimate of drug-likeness (QED) is 0.188. The van der Waals surface area contributed by atoms with Gasteiger partial charge in [0.15, 0.2) is 10.7 Å². The third kappa shape index (κ3) is 9.24. The van der Waals surface area contributed by atoms with Crippen molar-refractivity contribution in [1.82, 2.24) is 10.6 Å². The molecule has 0 heterocycles. The molecule has 0 bridgehead atoms. The Morgan fingerprint density at radius 2 is 1.03 bits per heavy atom. The lowest BCUT2D eigenvalue weighted by Gasteiger charge is -2.27. The van der Waals surface area contributed by atoms with E-state index in [4.69, 9.17) is 29.0 Å². The largest absolute Gasteiger partial charge is 0.497 e. The highest BCUT2D eigenvalue weighted by Gasteiger charge is 2.40. The maximum atomic E-state index is 13.9. The van der Waals surface area contributed by atoms with Crippen LogP contribution < -0.4 is 20.1 Å². The fraction of sp³-hybridized carbons (Fsp3) is 0.300. The van der Waals surface area contributed by atoms with E-state index in [2.05, 4.69) is 10.6 Å². The lowest BCUT2D eigenvalue weighted by atomic mass is 10.2. The maximum Gasteiger partial charge on any atom is 0.334 e. The van der Waals surface area contributed by atoms with Gasteiger partial charge >= 0.3 is 15.2 Å². The first-order chi connectivity index (χ1) is 17.1. The van der Waals surface area contributed by atoms with E-state index in [1.807, 2.05) is 0 Å². The molecule has 2 amide bonds. The van der Waals surface area contributed by atoms with Crippen LogP contribution in [0.4, 0.5) is 0 Å². The Balaban J connectivity index is 2.62. The Kier molecular flexibility index (Phi) is 10.0. The molecule has 204 valence electrons. The highest BCUT2D eigenvalue weighted by Crippen LogP contribution is 2.37. The standard InChI is InChI=1S/C20H26N2O12P2S/c1-33-15-7-3-13(4-8-15)19(21-17(23)11-35(25,26)27)37(31,32)20(22-18(24)12-36(28,29)30)14-5-9-16(34-2)10-6-14/h3-10,19-20H,11-12H2,1-2H3,(H,21,23)(H,22,24)(H2,25,26,27)(H2,28,29,30). The fourth-order valence-corrected chi connectivity index (χ4v) is 6.03. The smallest absolute Gasteiger partial charge is 0.334 e. The summed E-state index contributed by atoms with van der Waals surface area (Å²) in [4.78, 5) is 61.3. The van der Waals surface area contributed by atoms with Gasteiger partial charge in [-0.15, -0.1) is 0 Å². The van der Waals surface area contributed by atoms with Crippen molar-refractivity contribution in [2.24, 2.45) is 0 Å². The van der Waals surface area contributed by atoms with Gasteiger partial charge in [0, 0.05) is 0 Å². The molecule has 0 fully saturated rings. The van der Waals surface area contributed by atoms with Crippen LogP contribution in [0.25, 0.3) is 0 Å². The lowest BCUT2D eigenvalue weighted by molar-refractivity contribution is -0.119. The van der Waals surface area contributed by atoms with Crippen molar-refractivity contribution in [2.45, 2.75) is 10.7 Å².